The van der Waals surface area contributed by atoms with E-state index >= 15 is 0 Å². The van der Waals surface area contributed by atoms with Crippen LogP contribution in [0.2, 0.25) is 0 Å². The van der Waals surface area contributed by atoms with Gasteiger partial charge in [-0.25, -0.2) is 9.59 Å². The maximum Gasteiger partial charge on any atom is 0.347 e. The lowest BCUT2D eigenvalue weighted by Crippen LogP contribution is -2.39. The quantitative estimate of drug-likeness (QED) is 0.789. The molecule has 1 aliphatic carbocycles. The van der Waals surface area contributed by atoms with Gasteiger partial charge in [-0.05, 0) is 44.4 Å². The number of aliphatic hydroxyl groups is 1. The number of aliphatic hydroxyl groups excluding tert-OH is 1. The summed E-state index contributed by atoms with van der Waals surface area (Å²) in [5.74, 6) is -0.00539. The van der Waals surface area contributed by atoms with E-state index in [1.807, 2.05) is 0 Å². The first kappa shape index (κ1) is 18.0. The second-order valence-electron chi connectivity index (χ2n) is 6.56. The van der Waals surface area contributed by atoms with Crippen LogP contribution in [0.5, 0.6) is 0 Å². The summed E-state index contributed by atoms with van der Waals surface area (Å²) in [6, 6.07) is 0. The molecule has 21 heavy (non-hydrogen) atoms. The lowest BCUT2D eigenvalue weighted by atomic mass is 9.75. The molecule has 5 atom stereocenters. The van der Waals surface area contributed by atoms with Gasteiger partial charge in [-0.15, -0.1) is 0 Å². The number of ether oxygens (including phenoxy) is 2. The Morgan fingerprint density at radius 2 is 1.71 bits per heavy atom. The van der Waals surface area contributed by atoms with Crippen LogP contribution in [0.3, 0.4) is 0 Å². The van der Waals surface area contributed by atoms with Crippen LogP contribution in [-0.2, 0) is 19.1 Å². The first-order valence-electron chi connectivity index (χ1n) is 7.81. The summed E-state index contributed by atoms with van der Waals surface area (Å²) >= 11 is 0. The first-order valence-corrected chi connectivity index (χ1v) is 7.81. The van der Waals surface area contributed by atoms with Crippen LogP contribution in [0.15, 0.2) is 0 Å². The molecule has 0 bridgehead atoms. The predicted molar refractivity (Wildman–Crippen MR) is 78.5 cm³/mol. The number of carbonyl (C=O) groups excluding carboxylic acids is 2. The van der Waals surface area contributed by atoms with Crippen LogP contribution in [0.25, 0.3) is 0 Å². The van der Waals surface area contributed by atoms with Gasteiger partial charge >= 0.3 is 11.9 Å². The fourth-order valence-electron chi connectivity index (χ4n) is 2.82. The van der Waals surface area contributed by atoms with Crippen molar-refractivity contribution in [1.82, 2.24) is 0 Å². The van der Waals surface area contributed by atoms with Gasteiger partial charge in [0, 0.05) is 0 Å². The minimum atomic E-state index is -1.24. The average molecular weight is 300 g/mol. The molecule has 0 spiro atoms. The highest BCUT2D eigenvalue weighted by molar-refractivity contribution is 5.80. The second-order valence-corrected chi connectivity index (χ2v) is 6.56. The first-order chi connectivity index (χ1) is 9.72. The predicted octanol–water partition coefficient (Wildman–Crippen LogP) is 2.30. The molecule has 0 aromatic heterocycles. The van der Waals surface area contributed by atoms with Crippen molar-refractivity contribution in [1.29, 1.82) is 0 Å². The van der Waals surface area contributed by atoms with Gasteiger partial charge in [0.05, 0.1) is 0 Å². The number of hydrogen-bond acceptors (Lipinski definition) is 5. The molecule has 1 rings (SSSR count). The molecule has 4 unspecified atom stereocenters. The summed E-state index contributed by atoms with van der Waals surface area (Å²) in [5.41, 5.74) is 0. The van der Waals surface area contributed by atoms with E-state index in [1.54, 1.807) is 0 Å². The number of hydrogen-bond donors (Lipinski definition) is 1. The van der Waals surface area contributed by atoms with Crippen molar-refractivity contribution in [2.24, 2.45) is 17.8 Å². The fourth-order valence-corrected chi connectivity index (χ4v) is 2.82. The molecular formula is C16H28O5. The maximum absolute atomic E-state index is 12.1. The molecule has 0 aliphatic heterocycles. The number of carbonyl (C=O) groups is 2. The van der Waals surface area contributed by atoms with E-state index in [1.165, 1.54) is 13.8 Å². The zero-order valence-electron chi connectivity index (χ0n) is 13.7. The summed E-state index contributed by atoms with van der Waals surface area (Å²) < 4.78 is 10.5. The number of esters is 2. The minimum absolute atomic E-state index is 0.117. The van der Waals surface area contributed by atoms with E-state index in [4.69, 9.17) is 14.6 Å². The molecule has 5 heteroatoms. The van der Waals surface area contributed by atoms with Crippen LogP contribution >= 0.6 is 0 Å². The Morgan fingerprint density at radius 3 is 2.24 bits per heavy atom. The van der Waals surface area contributed by atoms with Crippen molar-refractivity contribution in [3.05, 3.63) is 0 Å². The Morgan fingerprint density at radius 1 is 1.10 bits per heavy atom. The molecule has 1 fully saturated rings. The van der Waals surface area contributed by atoms with Gasteiger partial charge in [0.15, 0.2) is 6.10 Å². The third kappa shape index (κ3) is 5.30. The Bertz CT molecular complexity index is 364. The molecule has 0 saturated heterocycles. The van der Waals surface area contributed by atoms with E-state index in [0.717, 1.165) is 19.3 Å². The second kappa shape index (κ2) is 7.78. The summed E-state index contributed by atoms with van der Waals surface area (Å²) in [7, 11) is 0. The summed E-state index contributed by atoms with van der Waals surface area (Å²) in [6.07, 6.45) is 0.720. The average Bonchev–Trinajstić information content (AvgIpc) is 2.37. The van der Waals surface area contributed by atoms with Crippen molar-refractivity contribution in [3.8, 4) is 0 Å². The van der Waals surface area contributed by atoms with Crippen LogP contribution in [0.4, 0.5) is 0 Å². The highest BCUT2D eigenvalue weighted by Crippen LogP contribution is 2.35. The smallest absolute Gasteiger partial charge is 0.347 e. The lowest BCUT2D eigenvalue weighted by Gasteiger charge is -2.37. The highest BCUT2D eigenvalue weighted by Gasteiger charge is 2.35. The third-order valence-corrected chi connectivity index (χ3v) is 4.19. The van der Waals surface area contributed by atoms with Gasteiger partial charge in [0.2, 0.25) is 0 Å². The molecular weight excluding hydrogens is 272 g/mol. The normalized spacial score (nSPS) is 28.8. The van der Waals surface area contributed by atoms with E-state index in [2.05, 4.69) is 20.8 Å². The van der Waals surface area contributed by atoms with E-state index in [0.29, 0.717) is 17.8 Å². The summed E-state index contributed by atoms with van der Waals surface area (Å²) in [4.78, 5) is 23.4. The Balaban J connectivity index is 2.59. The van der Waals surface area contributed by atoms with Crippen molar-refractivity contribution in [3.63, 3.8) is 0 Å². The van der Waals surface area contributed by atoms with Crippen LogP contribution < -0.4 is 0 Å². The van der Waals surface area contributed by atoms with Gasteiger partial charge in [0.1, 0.15) is 12.2 Å². The van der Waals surface area contributed by atoms with Crippen molar-refractivity contribution < 1.29 is 24.2 Å². The van der Waals surface area contributed by atoms with Gasteiger partial charge in [-0.1, -0.05) is 27.2 Å². The molecule has 0 aromatic carbocycles. The van der Waals surface area contributed by atoms with Crippen LogP contribution in [-0.4, -0.2) is 35.4 Å². The maximum atomic E-state index is 12.1. The van der Waals surface area contributed by atoms with E-state index in [9.17, 15) is 9.59 Å². The molecule has 5 nitrogen and oxygen atoms in total. The third-order valence-electron chi connectivity index (χ3n) is 4.19. The van der Waals surface area contributed by atoms with Crippen LogP contribution in [0.1, 0.15) is 53.9 Å². The topological polar surface area (TPSA) is 72.8 Å². The molecule has 1 N–H and O–H groups in total. The standard InChI is InChI=1S/C16H28O5/c1-9(2)13-7-6-10(3)8-14(13)21-16(19)12(5)20-15(18)11(4)17/h9-14,17H,6-8H2,1-5H3/t10?,11?,12?,13-,14?/m0/s1. The van der Waals surface area contributed by atoms with Gasteiger partial charge < -0.3 is 14.6 Å². The molecule has 0 heterocycles. The van der Waals surface area contributed by atoms with Crippen molar-refractivity contribution in [2.45, 2.75) is 72.2 Å². The van der Waals surface area contributed by atoms with E-state index < -0.39 is 24.1 Å². The van der Waals surface area contributed by atoms with Crippen molar-refractivity contribution in [2.75, 3.05) is 0 Å². The molecule has 1 aliphatic rings. The molecule has 0 amide bonds. The zero-order valence-corrected chi connectivity index (χ0v) is 13.7. The molecule has 1 saturated carbocycles. The van der Waals surface area contributed by atoms with Gasteiger partial charge in [0.25, 0.3) is 0 Å². The van der Waals surface area contributed by atoms with Crippen LogP contribution in [0, 0.1) is 17.8 Å². The lowest BCUT2D eigenvalue weighted by molar-refractivity contribution is -0.178. The molecule has 122 valence electrons. The van der Waals surface area contributed by atoms with Crippen molar-refractivity contribution >= 4 is 11.9 Å². The molecule has 0 radical (unpaired) electrons. The monoisotopic (exact) mass is 300 g/mol. The van der Waals surface area contributed by atoms with E-state index in [-0.39, 0.29) is 6.10 Å². The Kier molecular flexibility index (Phi) is 6.65. The zero-order chi connectivity index (χ0) is 16.2. The summed E-state index contributed by atoms with van der Waals surface area (Å²) in [5, 5.41) is 9.10. The largest absolute Gasteiger partial charge is 0.459 e. The SMILES string of the molecule is CC1CC[C@@H](C(C)C)C(OC(=O)C(C)OC(=O)C(C)O)C1. The van der Waals surface area contributed by atoms with Gasteiger partial charge in [-0.2, -0.15) is 0 Å². The Hall–Kier alpha value is -1.10. The number of rotatable bonds is 5. The van der Waals surface area contributed by atoms with Gasteiger partial charge in [-0.3, -0.25) is 0 Å². The Labute approximate surface area is 127 Å². The summed E-state index contributed by atoms with van der Waals surface area (Å²) in [6.45, 7) is 9.21. The fraction of sp³-hybridized carbons (Fsp3) is 0.875. The highest BCUT2D eigenvalue weighted by atomic mass is 16.6. The minimum Gasteiger partial charge on any atom is -0.459 e. The molecule has 0 aromatic rings.